The number of rotatable bonds is 4. The van der Waals surface area contributed by atoms with Crippen LogP contribution < -0.4 is 15.5 Å². The van der Waals surface area contributed by atoms with Gasteiger partial charge >= 0.3 is 0 Å². The molecule has 0 fully saturated rings. The first-order valence-electron chi connectivity index (χ1n) is 9.39. The molecule has 0 radical (unpaired) electrons. The molecular weight excluding hydrogens is 345 g/mol. The van der Waals surface area contributed by atoms with Gasteiger partial charge in [-0.25, -0.2) is 4.90 Å². The number of allylic oxidation sites excluding steroid dienone is 4. The van der Waals surface area contributed by atoms with Gasteiger partial charge in [-0.1, -0.05) is 78.4 Å². The lowest BCUT2D eigenvalue weighted by Gasteiger charge is -2.20. The summed E-state index contributed by atoms with van der Waals surface area (Å²) < 4.78 is 0. The minimum absolute atomic E-state index is 0.559. The van der Waals surface area contributed by atoms with Crippen LogP contribution in [-0.2, 0) is 0 Å². The van der Waals surface area contributed by atoms with E-state index in [1.165, 1.54) is 43.5 Å². The highest BCUT2D eigenvalue weighted by Gasteiger charge is 2.32. The fourth-order valence-electron chi connectivity index (χ4n) is 3.79. The van der Waals surface area contributed by atoms with Crippen LogP contribution in [0.4, 0.5) is 5.69 Å². The number of benzene rings is 3. The minimum Gasteiger partial charge on any atom is -0.245 e. The summed E-state index contributed by atoms with van der Waals surface area (Å²) in [6.45, 7) is 6.68. The summed E-state index contributed by atoms with van der Waals surface area (Å²) in [6.07, 6.45) is 2.41. The Hall–Kier alpha value is -2.47. The second kappa shape index (κ2) is 7.64. The molecule has 0 saturated heterocycles. The SMILES string of the molecule is CC1=CC(P(c2ccccc2)c2ccccc2)=C(C)[NH+]1c1ccc(C)cc1. The van der Waals surface area contributed by atoms with Gasteiger partial charge < -0.3 is 0 Å². The van der Waals surface area contributed by atoms with Gasteiger partial charge in [-0.15, -0.1) is 0 Å². The van der Waals surface area contributed by atoms with Crippen molar-refractivity contribution in [2.45, 2.75) is 20.8 Å². The summed E-state index contributed by atoms with van der Waals surface area (Å²) in [5, 5.41) is 4.28. The molecule has 2 heteroatoms. The summed E-state index contributed by atoms with van der Waals surface area (Å²) in [7, 11) is -0.559. The van der Waals surface area contributed by atoms with Gasteiger partial charge in [-0.3, -0.25) is 0 Å². The van der Waals surface area contributed by atoms with Crippen LogP contribution in [0, 0.1) is 6.92 Å². The smallest absolute Gasteiger partial charge is 0.140 e. The van der Waals surface area contributed by atoms with Crippen LogP contribution in [0.2, 0.25) is 0 Å². The number of nitrogens with one attached hydrogen (secondary N) is 1. The van der Waals surface area contributed by atoms with Crippen molar-refractivity contribution >= 4 is 24.2 Å². The van der Waals surface area contributed by atoms with E-state index in [-0.39, 0.29) is 0 Å². The van der Waals surface area contributed by atoms with Crippen molar-refractivity contribution in [2.24, 2.45) is 0 Å². The zero-order chi connectivity index (χ0) is 18.8. The van der Waals surface area contributed by atoms with Gasteiger partial charge in [-0.05, 0) is 25.5 Å². The van der Waals surface area contributed by atoms with Crippen molar-refractivity contribution in [3.8, 4) is 0 Å². The molecule has 1 aliphatic heterocycles. The van der Waals surface area contributed by atoms with Crippen molar-refractivity contribution in [3.63, 3.8) is 0 Å². The maximum atomic E-state index is 2.41. The molecule has 1 N–H and O–H groups in total. The van der Waals surface area contributed by atoms with Crippen LogP contribution in [0.5, 0.6) is 0 Å². The zero-order valence-electron chi connectivity index (χ0n) is 16.1. The molecule has 4 rings (SSSR count). The number of quaternary nitrogens is 1. The van der Waals surface area contributed by atoms with Gasteiger partial charge in [0.05, 0.1) is 0 Å². The third kappa shape index (κ3) is 3.54. The minimum atomic E-state index is -0.559. The van der Waals surface area contributed by atoms with Crippen LogP contribution >= 0.6 is 7.92 Å². The molecule has 0 amide bonds. The lowest BCUT2D eigenvalue weighted by Crippen LogP contribution is -3.01. The molecule has 0 saturated carbocycles. The van der Waals surface area contributed by atoms with E-state index in [9.17, 15) is 0 Å². The van der Waals surface area contributed by atoms with E-state index in [1.54, 1.807) is 0 Å². The molecule has 0 bridgehead atoms. The van der Waals surface area contributed by atoms with Gasteiger partial charge in [0.1, 0.15) is 17.1 Å². The average Bonchev–Trinajstić information content (AvgIpc) is 2.99. The molecule has 1 unspecified atom stereocenters. The molecule has 1 atom stereocenters. The molecule has 3 aromatic rings. The second-order valence-corrected chi connectivity index (χ2v) is 9.27. The highest BCUT2D eigenvalue weighted by atomic mass is 31.1. The summed E-state index contributed by atoms with van der Waals surface area (Å²) in [6, 6.07) is 30.8. The van der Waals surface area contributed by atoms with E-state index in [2.05, 4.69) is 112 Å². The Morgan fingerprint density at radius 2 is 1.15 bits per heavy atom. The molecule has 1 heterocycles. The van der Waals surface area contributed by atoms with Gasteiger partial charge in [-0.2, -0.15) is 0 Å². The number of hydrogen-bond acceptors (Lipinski definition) is 0. The maximum Gasteiger partial charge on any atom is 0.140 e. The Bertz CT molecular complexity index is 946. The molecule has 0 aliphatic carbocycles. The Kier molecular flexibility index (Phi) is 5.07. The van der Waals surface area contributed by atoms with Gasteiger partial charge in [0.2, 0.25) is 0 Å². The Labute approximate surface area is 163 Å². The van der Waals surface area contributed by atoms with E-state index < -0.39 is 7.92 Å². The molecule has 0 spiro atoms. The van der Waals surface area contributed by atoms with Gasteiger partial charge in [0.25, 0.3) is 0 Å². The monoisotopic (exact) mass is 370 g/mol. The van der Waals surface area contributed by atoms with Crippen molar-refractivity contribution in [1.29, 1.82) is 0 Å². The fraction of sp³-hybridized carbons (Fsp3) is 0.120. The van der Waals surface area contributed by atoms with Crippen LogP contribution in [0.3, 0.4) is 0 Å². The topological polar surface area (TPSA) is 4.44 Å². The van der Waals surface area contributed by atoms with E-state index in [4.69, 9.17) is 0 Å². The standard InChI is InChI=1S/C25H24NP/c1-19-14-16-22(17-15-19)26-20(2)18-25(21(26)3)27(23-10-6-4-7-11-23)24-12-8-5-9-13-24/h4-18H,1-3H3/p+1. The Morgan fingerprint density at radius 3 is 1.67 bits per heavy atom. The predicted molar refractivity (Wildman–Crippen MR) is 117 cm³/mol. The average molecular weight is 370 g/mol. The number of hydrogen-bond donors (Lipinski definition) is 1. The zero-order valence-corrected chi connectivity index (χ0v) is 17.0. The van der Waals surface area contributed by atoms with E-state index in [1.807, 2.05) is 0 Å². The van der Waals surface area contributed by atoms with Crippen molar-refractivity contribution in [2.75, 3.05) is 0 Å². The highest BCUT2D eigenvalue weighted by Crippen LogP contribution is 2.46. The molecule has 27 heavy (non-hydrogen) atoms. The van der Waals surface area contributed by atoms with Crippen LogP contribution in [0.1, 0.15) is 19.4 Å². The summed E-state index contributed by atoms with van der Waals surface area (Å²) in [5.41, 5.74) is 5.40. The fourth-order valence-corrected chi connectivity index (χ4v) is 6.35. The van der Waals surface area contributed by atoms with Crippen LogP contribution in [0.15, 0.2) is 108 Å². The third-order valence-corrected chi connectivity index (χ3v) is 7.69. The largest absolute Gasteiger partial charge is 0.245 e. The normalized spacial score (nSPS) is 16.7. The lowest BCUT2D eigenvalue weighted by molar-refractivity contribution is -0.742. The molecule has 3 aromatic carbocycles. The van der Waals surface area contributed by atoms with Crippen molar-refractivity contribution in [1.82, 2.24) is 0 Å². The van der Waals surface area contributed by atoms with Crippen LogP contribution in [-0.4, -0.2) is 0 Å². The quantitative estimate of drug-likeness (QED) is 0.630. The lowest BCUT2D eigenvalue weighted by atomic mass is 10.2. The first kappa shape index (κ1) is 17.9. The van der Waals surface area contributed by atoms with Gasteiger partial charge in [0, 0.05) is 37.4 Å². The molecule has 134 valence electrons. The summed E-state index contributed by atoms with van der Waals surface area (Å²) in [4.78, 5) is 1.39. The maximum absolute atomic E-state index is 2.41. The van der Waals surface area contributed by atoms with Crippen LogP contribution in [0.25, 0.3) is 0 Å². The molecule has 1 aliphatic rings. The van der Waals surface area contributed by atoms with E-state index in [0.29, 0.717) is 0 Å². The summed E-state index contributed by atoms with van der Waals surface area (Å²) >= 11 is 0. The van der Waals surface area contributed by atoms with Gasteiger partial charge in [0.15, 0.2) is 0 Å². The Morgan fingerprint density at radius 1 is 0.630 bits per heavy atom. The Balaban J connectivity index is 1.84. The summed E-state index contributed by atoms with van der Waals surface area (Å²) in [5.74, 6) is 0. The first-order valence-corrected chi connectivity index (χ1v) is 10.7. The van der Waals surface area contributed by atoms with Crippen molar-refractivity contribution < 1.29 is 4.90 Å². The molecular formula is C25H25NP+. The third-order valence-electron chi connectivity index (χ3n) is 5.12. The van der Waals surface area contributed by atoms with Crippen molar-refractivity contribution in [3.05, 3.63) is 113 Å². The molecule has 0 aromatic heterocycles. The molecule has 1 nitrogen and oxygen atoms in total. The highest BCUT2D eigenvalue weighted by molar-refractivity contribution is 7.77. The number of aryl methyl sites for hydroxylation is 1. The predicted octanol–water partition coefficient (Wildman–Crippen LogP) is 4.79. The van der Waals surface area contributed by atoms with E-state index in [0.717, 1.165) is 0 Å². The van der Waals surface area contributed by atoms with E-state index >= 15 is 0 Å². The first-order chi connectivity index (χ1) is 13.1. The second-order valence-electron chi connectivity index (χ2n) is 7.09.